The fourth-order valence-electron chi connectivity index (χ4n) is 4.91. The standard InChI is InChI=1S/C32H41N3O7S.2ClH/c33-26-12-7-24(8-13-26)30(37)22-34-17-19-41-27-14-9-23(10-15-27)25-11-16-29(32(38)35-43(39,40)20-4-18-36)31(21-25)42-28-5-2-1-3-6-28;;/h7-16,21,28,30,34,36-37H,1-6,17-20,22,33H2,(H,35,38);2*1H/t30-;;/m1../s1. The molecule has 0 saturated heterocycles. The summed E-state index contributed by atoms with van der Waals surface area (Å²) in [7, 11) is -3.89. The number of benzene rings is 3. The first kappa shape index (κ1) is 38.1. The Morgan fingerprint density at radius 2 is 1.62 bits per heavy atom. The minimum Gasteiger partial charge on any atom is -0.492 e. The molecule has 3 aromatic rings. The van der Waals surface area contributed by atoms with Crippen LogP contribution in [0.25, 0.3) is 11.1 Å². The van der Waals surface area contributed by atoms with Crippen molar-refractivity contribution in [2.24, 2.45) is 0 Å². The Kier molecular flexibility index (Phi) is 15.9. The number of carbonyl (C=O) groups excluding carboxylic acids is 1. The smallest absolute Gasteiger partial charge is 0.268 e. The van der Waals surface area contributed by atoms with Gasteiger partial charge in [-0.1, -0.05) is 36.8 Å². The maximum absolute atomic E-state index is 13.0. The van der Waals surface area contributed by atoms with Crippen LogP contribution in [-0.4, -0.2) is 62.7 Å². The Balaban J connectivity index is 0.00000353. The highest BCUT2D eigenvalue weighted by atomic mass is 35.5. The number of aliphatic hydroxyl groups is 2. The summed E-state index contributed by atoms with van der Waals surface area (Å²) in [5, 5.41) is 22.4. The van der Waals surface area contributed by atoms with Gasteiger partial charge >= 0.3 is 0 Å². The predicted molar refractivity (Wildman–Crippen MR) is 181 cm³/mol. The molecule has 0 unspecified atom stereocenters. The number of nitrogens with one attached hydrogen (secondary N) is 2. The summed E-state index contributed by atoms with van der Waals surface area (Å²) in [4.78, 5) is 13.0. The van der Waals surface area contributed by atoms with Gasteiger partial charge in [0.2, 0.25) is 10.0 Å². The molecule has 0 radical (unpaired) electrons. The molecule has 10 nitrogen and oxygen atoms in total. The van der Waals surface area contributed by atoms with E-state index in [1.165, 1.54) is 0 Å². The van der Waals surface area contributed by atoms with Crippen molar-refractivity contribution in [3.8, 4) is 22.6 Å². The van der Waals surface area contributed by atoms with Crippen molar-refractivity contribution in [1.82, 2.24) is 10.0 Å². The topological polar surface area (TPSA) is 160 Å². The largest absolute Gasteiger partial charge is 0.492 e. The summed E-state index contributed by atoms with van der Waals surface area (Å²) in [5.41, 5.74) is 8.99. The summed E-state index contributed by atoms with van der Waals surface area (Å²) in [5.74, 6) is -0.0739. The molecule has 1 amide bonds. The third kappa shape index (κ3) is 12.0. The van der Waals surface area contributed by atoms with E-state index in [-0.39, 0.29) is 55.3 Å². The van der Waals surface area contributed by atoms with Gasteiger partial charge in [-0.05, 0) is 85.2 Å². The average Bonchev–Trinajstić information content (AvgIpc) is 3.00. The van der Waals surface area contributed by atoms with Gasteiger partial charge in [-0.15, -0.1) is 24.8 Å². The van der Waals surface area contributed by atoms with Gasteiger partial charge in [-0.3, -0.25) is 4.79 Å². The van der Waals surface area contributed by atoms with Crippen LogP contribution in [0.5, 0.6) is 11.5 Å². The van der Waals surface area contributed by atoms with Crippen molar-refractivity contribution in [1.29, 1.82) is 0 Å². The number of rotatable bonds is 15. The summed E-state index contributed by atoms with van der Waals surface area (Å²) < 4.78 is 38.8. The van der Waals surface area contributed by atoms with Gasteiger partial charge in [0.1, 0.15) is 18.1 Å². The van der Waals surface area contributed by atoms with Crippen molar-refractivity contribution in [2.45, 2.75) is 50.7 Å². The number of carbonyl (C=O) groups is 1. The van der Waals surface area contributed by atoms with E-state index in [1.54, 1.807) is 42.5 Å². The molecule has 1 aliphatic carbocycles. The molecule has 248 valence electrons. The molecule has 0 heterocycles. The van der Waals surface area contributed by atoms with Gasteiger partial charge in [-0.2, -0.15) is 0 Å². The number of amides is 1. The van der Waals surface area contributed by atoms with Crippen LogP contribution < -0.4 is 25.2 Å². The zero-order valence-electron chi connectivity index (χ0n) is 25.0. The molecule has 45 heavy (non-hydrogen) atoms. The third-order valence-corrected chi connectivity index (χ3v) is 8.61. The summed E-state index contributed by atoms with van der Waals surface area (Å²) >= 11 is 0. The Morgan fingerprint density at radius 1 is 0.956 bits per heavy atom. The quantitative estimate of drug-likeness (QED) is 0.114. The van der Waals surface area contributed by atoms with E-state index >= 15 is 0 Å². The Labute approximate surface area is 277 Å². The number of halogens is 2. The number of sulfonamides is 1. The first-order chi connectivity index (χ1) is 20.7. The van der Waals surface area contributed by atoms with Gasteiger partial charge < -0.3 is 30.7 Å². The third-order valence-electron chi connectivity index (χ3n) is 7.29. The molecule has 0 aliphatic heterocycles. The highest BCUT2D eigenvalue weighted by molar-refractivity contribution is 7.90. The first-order valence-electron chi connectivity index (χ1n) is 14.7. The molecule has 0 aromatic heterocycles. The van der Waals surface area contributed by atoms with E-state index in [4.69, 9.17) is 20.3 Å². The van der Waals surface area contributed by atoms with Gasteiger partial charge in [0, 0.05) is 25.4 Å². The van der Waals surface area contributed by atoms with E-state index in [2.05, 4.69) is 10.0 Å². The number of nitrogen functional groups attached to an aromatic ring is 1. The minimum absolute atomic E-state index is 0. The van der Waals surface area contributed by atoms with Crippen LogP contribution in [0.15, 0.2) is 66.7 Å². The monoisotopic (exact) mass is 683 g/mol. The van der Waals surface area contributed by atoms with Crippen molar-refractivity contribution < 1.29 is 32.9 Å². The molecule has 1 fully saturated rings. The zero-order chi connectivity index (χ0) is 30.7. The molecule has 1 saturated carbocycles. The van der Waals surface area contributed by atoms with E-state index in [0.717, 1.165) is 48.8 Å². The van der Waals surface area contributed by atoms with Crippen molar-refractivity contribution in [3.63, 3.8) is 0 Å². The Bertz CT molecular complexity index is 1440. The second kappa shape index (κ2) is 18.8. The molecule has 1 atom stereocenters. The maximum Gasteiger partial charge on any atom is 0.268 e. The lowest BCUT2D eigenvalue weighted by atomic mass is 9.97. The van der Waals surface area contributed by atoms with Crippen LogP contribution in [0, 0.1) is 0 Å². The zero-order valence-corrected chi connectivity index (χ0v) is 27.5. The van der Waals surface area contributed by atoms with Crippen LogP contribution in [0.2, 0.25) is 0 Å². The summed E-state index contributed by atoms with van der Waals surface area (Å²) in [6.45, 7) is 1.07. The molecule has 13 heteroatoms. The maximum atomic E-state index is 13.0. The normalized spacial score (nSPS) is 14.0. The molecule has 6 N–H and O–H groups in total. The Hall–Kier alpha value is -3.06. The van der Waals surface area contributed by atoms with Gasteiger partial charge in [0.05, 0.1) is 23.5 Å². The van der Waals surface area contributed by atoms with Gasteiger partial charge in [0.25, 0.3) is 5.91 Å². The number of hydrogen-bond donors (Lipinski definition) is 5. The second-order valence-electron chi connectivity index (χ2n) is 10.7. The van der Waals surface area contributed by atoms with E-state index < -0.39 is 22.0 Å². The lowest BCUT2D eigenvalue weighted by Gasteiger charge is -2.24. The SMILES string of the molecule is Cl.Cl.Nc1ccc([C@H](O)CNCCOc2ccc(-c3ccc(C(=O)NS(=O)(=O)CCCO)c(OC4CCCCC4)c3)cc2)cc1. The van der Waals surface area contributed by atoms with Crippen LogP contribution in [-0.2, 0) is 10.0 Å². The fourth-order valence-corrected chi connectivity index (χ4v) is 5.91. The second-order valence-corrected chi connectivity index (χ2v) is 12.5. The van der Waals surface area contributed by atoms with Gasteiger partial charge in [-0.25, -0.2) is 13.1 Å². The van der Waals surface area contributed by atoms with Crippen LogP contribution >= 0.6 is 24.8 Å². The number of hydrogen-bond acceptors (Lipinski definition) is 9. The van der Waals surface area contributed by atoms with Crippen molar-refractivity contribution >= 4 is 46.4 Å². The molecule has 1 aliphatic rings. The van der Waals surface area contributed by atoms with Crippen molar-refractivity contribution in [2.75, 3.05) is 37.8 Å². The predicted octanol–water partition coefficient (Wildman–Crippen LogP) is 4.63. The summed E-state index contributed by atoms with van der Waals surface area (Å²) in [6.07, 6.45) is 4.34. The fraction of sp³-hybridized carbons (Fsp3) is 0.406. The van der Waals surface area contributed by atoms with E-state index in [9.17, 15) is 18.3 Å². The molecule has 0 spiro atoms. The minimum atomic E-state index is -3.89. The van der Waals surface area contributed by atoms with E-state index in [0.29, 0.717) is 36.9 Å². The molecular formula is C32H43Cl2N3O7S. The van der Waals surface area contributed by atoms with Crippen LogP contribution in [0.1, 0.15) is 60.6 Å². The van der Waals surface area contributed by atoms with Crippen molar-refractivity contribution in [3.05, 3.63) is 77.9 Å². The molecule has 4 rings (SSSR count). The lowest BCUT2D eigenvalue weighted by Crippen LogP contribution is -2.33. The number of nitrogens with two attached hydrogens (primary N) is 1. The Morgan fingerprint density at radius 3 is 2.29 bits per heavy atom. The highest BCUT2D eigenvalue weighted by Crippen LogP contribution is 2.32. The highest BCUT2D eigenvalue weighted by Gasteiger charge is 2.23. The lowest BCUT2D eigenvalue weighted by molar-refractivity contribution is 0.0969. The molecule has 0 bridgehead atoms. The van der Waals surface area contributed by atoms with Crippen LogP contribution in [0.3, 0.4) is 0 Å². The molecule has 3 aromatic carbocycles. The van der Waals surface area contributed by atoms with Gasteiger partial charge in [0.15, 0.2) is 0 Å². The number of ether oxygens (including phenoxy) is 2. The summed E-state index contributed by atoms with van der Waals surface area (Å²) in [6, 6.07) is 19.8. The van der Waals surface area contributed by atoms with E-state index in [1.807, 2.05) is 24.3 Å². The number of aliphatic hydroxyl groups excluding tert-OH is 2. The average molecular weight is 685 g/mol. The number of anilines is 1. The first-order valence-corrected chi connectivity index (χ1v) is 16.3. The molecular weight excluding hydrogens is 641 g/mol. The van der Waals surface area contributed by atoms with Crippen LogP contribution in [0.4, 0.5) is 5.69 Å².